The van der Waals surface area contributed by atoms with Crippen LogP contribution in [0.1, 0.15) is 0 Å². The molecule has 5 aromatic rings. The van der Waals surface area contributed by atoms with Crippen LogP contribution in [0.3, 0.4) is 0 Å². The average molecular weight is 338 g/mol. The van der Waals surface area contributed by atoms with Crippen LogP contribution in [0, 0.1) is 0 Å². The van der Waals surface area contributed by atoms with Crippen LogP contribution in [0.2, 0.25) is 0 Å². The molecule has 0 saturated carbocycles. The van der Waals surface area contributed by atoms with Crippen LogP contribution in [0.25, 0.3) is 43.8 Å². The minimum atomic E-state index is -0.00536. The molecule has 0 aliphatic rings. The van der Waals surface area contributed by atoms with Crippen LogP contribution in [0.15, 0.2) is 88.1 Å². The minimum absolute atomic E-state index is 0.00536. The Bertz CT molecular complexity index is 1350. The van der Waals surface area contributed by atoms with Crippen molar-refractivity contribution in [2.45, 2.75) is 0 Å². The number of benzene rings is 4. The summed E-state index contributed by atoms with van der Waals surface area (Å²) in [6.45, 7) is 0. The monoisotopic (exact) mass is 338 g/mol. The smallest absolute Gasteiger partial charge is 0.186 e. The molecule has 3 heteroatoms. The van der Waals surface area contributed by atoms with Crippen molar-refractivity contribution in [3.8, 4) is 16.9 Å². The van der Waals surface area contributed by atoms with Crippen LogP contribution in [0.5, 0.6) is 5.75 Å². The highest BCUT2D eigenvalue weighted by Gasteiger charge is 2.15. The summed E-state index contributed by atoms with van der Waals surface area (Å²) in [5, 5.41) is 13.2. The van der Waals surface area contributed by atoms with Crippen molar-refractivity contribution >= 4 is 32.7 Å². The number of rotatable bonds is 1. The molecule has 4 aromatic carbocycles. The lowest BCUT2D eigenvalue weighted by Gasteiger charge is -2.13. The molecule has 0 fully saturated rings. The van der Waals surface area contributed by atoms with Gasteiger partial charge in [0, 0.05) is 27.8 Å². The summed E-state index contributed by atoms with van der Waals surface area (Å²) < 4.78 is 6.08. The van der Waals surface area contributed by atoms with Crippen molar-refractivity contribution in [2.75, 3.05) is 0 Å². The van der Waals surface area contributed by atoms with Gasteiger partial charge in [-0.1, -0.05) is 42.5 Å². The molecule has 1 aromatic heterocycles. The molecule has 5 rings (SSSR count). The maximum absolute atomic E-state index is 12.3. The van der Waals surface area contributed by atoms with E-state index < -0.39 is 0 Å². The molecular formula is C23H14O3. The summed E-state index contributed by atoms with van der Waals surface area (Å²) in [6, 6.07) is 24.1. The van der Waals surface area contributed by atoms with Crippen molar-refractivity contribution in [3.05, 3.63) is 89.1 Å². The van der Waals surface area contributed by atoms with Gasteiger partial charge in [-0.25, -0.2) is 0 Å². The average Bonchev–Trinajstić information content (AvgIpc) is 2.67. The van der Waals surface area contributed by atoms with Crippen molar-refractivity contribution in [3.63, 3.8) is 0 Å². The summed E-state index contributed by atoms with van der Waals surface area (Å²) >= 11 is 0. The van der Waals surface area contributed by atoms with Gasteiger partial charge in [-0.2, -0.15) is 0 Å². The van der Waals surface area contributed by atoms with Gasteiger partial charge in [0.2, 0.25) is 0 Å². The van der Waals surface area contributed by atoms with Crippen LogP contribution in [-0.2, 0) is 0 Å². The first-order valence-electron chi connectivity index (χ1n) is 8.39. The number of phenolic OH excluding ortho intramolecular Hbond substituents is 1. The first kappa shape index (κ1) is 14.7. The maximum Gasteiger partial charge on any atom is 0.186 e. The fourth-order valence-electron chi connectivity index (χ4n) is 3.61. The SMILES string of the molecule is O=c1cccc2c1ccc1oc3cc(O)ccc3c(-c3ccccc3)c12. The molecule has 0 aliphatic carbocycles. The molecule has 124 valence electrons. The van der Waals surface area contributed by atoms with Gasteiger partial charge in [-0.3, -0.25) is 4.79 Å². The molecule has 0 unspecified atom stereocenters. The van der Waals surface area contributed by atoms with E-state index in [1.807, 2.05) is 48.5 Å². The van der Waals surface area contributed by atoms with Gasteiger partial charge in [0.15, 0.2) is 5.43 Å². The number of aromatic hydroxyl groups is 1. The summed E-state index contributed by atoms with van der Waals surface area (Å²) in [5.41, 5.74) is 3.31. The van der Waals surface area contributed by atoms with E-state index in [4.69, 9.17) is 4.42 Å². The second-order valence-electron chi connectivity index (χ2n) is 6.31. The number of hydrogen-bond acceptors (Lipinski definition) is 3. The van der Waals surface area contributed by atoms with Gasteiger partial charge < -0.3 is 9.52 Å². The predicted octanol–water partition coefficient (Wildman–Crippen LogP) is 5.47. The van der Waals surface area contributed by atoms with Gasteiger partial charge in [0.1, 0.15) is 16.9 Å². The zero-order valence-electron chi connectivity index (χ0n) is 13.8. The van der Waals surface area contributed by atoms with Crippen LogP contribution < -0.4 is 5.43 Å². The fourth-order valence-corrected chi connectivity index (χ4v) is 3.61. The van der Waals surface area contributed by atoms with E-state index in [0.717, 1.165) is 27.3 Å². The van der Waals surface area contributed by atoms with Gasteiger partial charge in [-0.05, 0) is 41.3 Å². The Morgan fingerprint density at radius 1 is 0.692 bits per heavy atom. The van der Waals surface area contributed by atoms with Gasteiger partial charge in [-0.15, -0.1) is 0 Å². The summed E-state index contributed by atoms with van der Waals surface area (Å²) in [5.74, 6) is 0.155. The normalized spacial score (nSPS) is 11.4. The van der Waals surface area contributed by atoms with E-state index in [1.165, 1.54) is 0 Å². The highest BCUT2D eigenvalue weighted by molar-refractivity contribution is 6.18. The highest BCUT2D eigenvalue weighted by Crippen LogP contribution is 2.40. The minimum Gasteiger partial charge on any atom is -0.508 e. The molecule has 0 atom stereocenters. The van der Waals surface area contributed by atoms with Crippen LogP contribution in [0.4, 0.5) is 0 Å². The first-order valence-corrected chi connectivity index (χ1v) is 8.39. The molecule has 26 heavy (non-hydrogen) atoms. The lowest BCUT2D eigenvalue weighted by Crippen LogP contribution is -1.98. The third-order valence-electron chi connectivity index (χ3n) is 4.75. The third kappa shape index (κ3) is 2.11. The van der Waals surface area contributed by atoms with Gasteiger partial charge in [0.25, 0.3) is 0 Å². The summed E-state index contributed by atoms with van der Waals surface area (Å²) in [7, 11) is 0. The van der Waals surface area contributed by atoms with Crippen LogP contribution >= 0.6 is 0 Å². The van der Waals surface area contributed by atoms with Crippen molar-refractivity contribution in [2.24, 2.45) is 0 Å². The second kappa shape index (κ2) is 5.46. The van der Waals surface area contributed by atoms with Crippen LogP contribution in [-0.4, -0.2) is 5.11 Å². The molecule has 1 heterocycles. The molecule has 0 spiro atoms. The Labute approximate surface area is 148 Å². The van der Waals surface area contributed by atoms with Gasteiger partial charge in [0.05, 0.1) is 0 Å². The van der Waals surface area contributed by atoms with Crippen molar-refractivity contribution < 1.29 is 9.52 Å². The van der Waals surface area contributed by atoms with E-state index in [2.05, 4.69) is 0 Å². The molecular weight excluding hydrogens is 324 g/mol. The quantitative estimate of drug-likeness (QED) is 0.325. The van der Waals surface area contributed by atoms with E-state index in [-0.39, 0.29) is 11.2 Å². The topological polar surface area (TPSA) is 50.4 Å². The van der Waals surface area contributed by atoms with E-state index >= 15 is 0 Å². The zero-order chi connectivity index (χ0) is 17.7. The Morgan fingerprint density at radius 3 is 2.35 bits per heavy atom. The summed E-state index contributed by atoms with van der Waals surface area (Å²) in [6.07, 6.45) is 0. The van der Waals surface area contributed by atoms with E-state index in [1.54, 1.807) is 30.3 Å². The number of phenols is 1. The molecule has 3 nitrogen and oxygen atoms in total. The lowest BCUT2D eigenvalue weighted by molar-refractivity contribution is 0.474. The van der Waals surface area contributed by atoms with Gasteiger partial charge >= 0.3 is 0 Å². The molecule has 0 amide bonds. The Hall–Kier alpha value is -3.59. The summed E-state index contributed by atoms with van der Waals surface area (Å²) in [4.78, 5) is 12.3. The number of fused-ring (bicyclic) bond motifs is 4. The molecule has 1 N–H and O–H groups in total. The van der Waals surface area contributed by atoms with E-state index in [9.17, 15) is 9.90 Å². The standard InChI is InChI=1S/C23H14O3/c24-15-9-10-18-21(13-15)26-20-12-11-16-17(7-4-8-19(16)25)23(20)22(18)14-5-2-1-3-6-14/h1-13,24H. The molecule has 0 radical (unpaired) electrons. The number of hydrogen-bond donors (Lipinski definition) is 1. The lowest BCUT2D eigenvalue weighted by atomic mass is 9.93. The third-order valence-corrected chi connectivity index (χ3v) is 4.75. The van der Waals surface area contributed by atoms with Crippen molar-refractivity contribution in [1.29, 1.82) is 0 Å². The first-order chi connectivity index (χ1) is 12.7. The second-order valence-corrected chi connectivity index (χ2v) is 6.31. The molecule has 0 aliphatic heterocycles. The van der Waals surface area contributed by atoms with E-state index in [0.29, 0.717) is 16.6 Å². The molecule has 0 bridgehead atoms. The molecule has 0 saturated heterocycles. The highest BCUT2D eigenvalue weighted by atomic mass is 16.3. The zero-order valence-corrected chi connectivity index (χ0v) is 13.8. The Morgan fingerprint density at radius 2 is 1.50 bits per heavy atom. The largest absolute Gasteiger partial charge is 0.508 e. The Balaban J connectivity index is 2.10. The Kier molecular flexibility index (Phi) is 3.09. The fraction of sp³-hybridized carbons (Fsp3) is 0. The predicted molar refractivity (Wildman–Crippen MR) is 105 cm³/mol. The maximum atomic E-state index is 12.3. The van der Waals surface area contributed by atoms with Crippen molar-refractivity contribution in [1.82, 2.24) is 0 Å².